The number of hydrogen-bond acceptors (Lipinski definition) is 4. The van der Waals surface area contributed by atoms with Crippen molar-refractivity contribution in [2.24, 2.45) is 12.9 Å². The van der Waals surface area contributed by atoms with Gasteiger partial charge in [0.15, 0.2) is 0 Å². The van der Waals surface area contributed by atoms with Gasteiger partial charge in [-0.3, -0.25) is 11.3 Å². The van der Waals surface area contributed by atoms with E-state index in [4.69, 9.17) is 5.84 Å². The summed E-state index contributed by atoms with van der Waals surface area (Å²) in [5, 5.41) is 0. The summed E-state index contributed by atoms with van der Waals surface area (Å²) in [7, 11) is 6.26. The van der Waals surface area contributed by atoms with Gasteiger partial charge in [-0.25, -0.2) is 4.98 Å². The van der Waals surface area contributed by atoms with E-state index in [1.54, 1.807) is 0 Å². The maximum absolute atomic E-state index is 5.80. The van der Waals surface area contributed by atoms with Crippen LogP contribution >= 0.6 is 0 Å². The Kier molecular flexibility index (Phi) is 5.31. The number of aryl methyl sites for hydroxylation is 1. The Bertz CT molecular complexity index is 354. The fraction of sp³-hybridized carbons (Fsp3) is 0.769. The molecule has 0 amide bonds. The molecule has 0 bridgehead atoms. The van der Waals surface area contributed by atoms with Crippen LogP contribution < -0.4 is 11.3 Å². The summed E-state index contributed by atoms with van der Waals surface area (Å²) in [6.07, 6.45) is 6.74. The van der Waals surface area contributed by atoms with Crippen molar-refractivity contribution in [1.29, 1.82) is 0 Å². The predicted molar refractivity (Wildman–Crippen MR) is 75.0 cm³/mol. The summed E-state index contributed by atoms with van der Waals surface area (Å²) >= 11 is 0. The Morgan fingerprint density at radius 1 is 1.44 bits per heavy atom. The van der Waals surface area contributed by atoms with E-state index in [2.05, 4.69) is 47.8 Å². The predicted octanol–water partition coefficient (Wildman–Crippen LogP) is 0.915. The van der Waals surface area contributed by atoms with Crippen LogP contribution in [-0.2, 0) is 13.5 Å². The van der Waals surface area contributed by atoms with Gasteiger partial charge in [-0.2, -0.15) is 0 Å². The number of aromatic nitrogens is 2. The Morgan fingerprint density at radius 2 is 2.06 bits per heavy atom. The van der Waals surface area contributed by atoms with E-state index in [1.807, 2.05) is 19.4 Å². The normalized spacial score (nSPS) is 14.2. The number of nitrogens with two attached hydrogens (primary N) is 1. The van der Waals surface area contributed by atoms with Gasteiger partial charge in [-0.15, -0.1) is 0 Å². The Balaban J connectivity index is 2.96. The average molecular weight is 253 g/mol. The molecule has 5 heteroatoms. The SMILES string of the molecule is CCC(CC)(C(Cc1nccn1C)NN)N(C)C. The lowest BCUT2D eigenvalue weighted by Gasteiger charge is -2.44. The lowest BCUT2D eigenvalue weighted by molar-refractivity contribution is 0.0870. The minimum atomic E-state index is 0.0563. The van der Waals surface area contributed by atoms with E-state index in [0.29, 0.717) is 0 Å². The fourth-order valence-corrected chi connectivity index (χ4v) is 2.87. The third kappa shape index (κ3) is 2.74. The number of rotatable bonds is 7. The quantitative estimate of drug-likeness (QED) is 0.560. The van der Waals surface area contributed by atoms with Gasteiger partial charge in [-0.05, 0) is 26.9 Å². The maximum atomic E-state index is 5.80. The zero-order chi connectivity index (χ0) is 13.8. The Labute approximate surface area is 110 Å². The molecule has 0 aliphatic carbocycles. The zero-order valence-electron chi connectivity index (χ0n) is 12.3. The molecule has 0 saturated heterocycles. The molecule has 18 heavy (non-hydrogen) atoms. The highest BCUT2D eigenvalue weighted by Crippen LogP contribution is 2.27. The van der Waals surface area contributed by atoms with Crippen molar-refractivity contribution >= 4 is 0 Å². The largest absolute Gasteiger partial charge is 0.338 e. The van der Waals surface area contributed by atoms with Gasteiger partial charge >= 0.3 is 0 Å². The van der Waals surface area contributed by atoms with Crippen molar-refractivity contribution < 1.29 is 0 Å². The van der Waals surface area contributed by atoms with Crippen molar-refractivity contribution in [3.05, 3.63) is 18.2 Å². The van der Waals surface area contributed by atoms with Gasteiger partial charge in [0.1, 0.15) is 5.82 Å². The molecule has 1 unspecified atom stereocenters. The molecule has 0 aromatic carbocycles. The van der Waals surface area contributed by atoms with E-state index < -0.39 is 0 Å². The molecule has 0 aliphatic rings. The lowest BCUT2D eigenvalue weighted by Crippen LogP contribution is -2.61. The molecule has 104 valence electrons. The van der Waals surface area contributed by atoms with Crippen LogP contribution in [0.1, 0.15) is 32.5 Å². The van der Waals surface area contributed by atoms with Gasteiger partial charge in [-0.1, -0.05) is 13.8 Å². The van der Waals surface area contributed by atoms with E-state index in [-0.39, 0.29) is 11.6 Å². The standard InChI is InChI=1S/C13H27N5/c1-6-13(7-2,17(3)4)11(16-14)10-12-15-8-9-18(12)5/h8-9,11,16H,6-7,10,14H2,1-5H3. The Morgan fingerprint density at radius 3 is 2.39 bits per heavy atom. The maximum Gasteiger partial charge on any atom is 0.110 e. The summed E-state index contributed by atoms with van der Waals surface area (Å²) in [5.74, 6) is 6.86. The highest BCUT2D eigenvalue weighted by atomic mass is 15.3. The van der Waals surface area contributed by atoms with E-state index in [9.17, 15) is 0 Å². The second-order valence-corrected chi connectivity index (χ2v) is 5.08. The molecule has 1 atom stereocenters. The van der Waals surface area contributed by atoms with Gasteiger partial charge in [0.2, 0.25) is 0 Å². The number of nitrogens with one attached hydrogen (secondary N) is 1. The van der Waals surface area contributed by atoms with E-state index in [0.717, 1.165) is 25.1 Å². The second-order valence-electron chi connectivity index (χ2n) is 5.08. The first-order valence-electron chi connectivity index (χ1n) is 6.61. The summed E-state index contributed by atoms with van der Waals surface area (Å²) in [5.41, 5.74) is 3.05. The smallest absolute Gasteiger partial charge is 0.110 e. The molecule has 1 aromatic heterocycles. The molecule has 1 heterocycles. The van der Waals surface area contributed by atoms with Crippen molar-refractivity contribution in [1.82, 2.24) is 19.9 Å². The van der Waals surface area contributed by atoms with Crippen LogP contribution in [0.3, 0.4) is 0 Å². The Hall–Kier alpha value is -0.910. The number of hydrogen-bond donors (Lipinski definition) is 2. The van der Waals surface area contributed by atoms with E-state index >= 15 is 0 Å². The molecular weight excluding hydrogens is 226 g/mol. The molecule has 0 fully saturated rings. The molecule has 1 aromatic rings. The number of nitrogens with zero attached hydrogens (tertiary/aromatic N) is 3. The third-order valence-electron chi connectivity index (χ3n) is 4.27. The molecule has 0 radical (unpaired) electrons. The van der Waals surface area contributed by atoms with Crippen LogP contribution in [0.2, 0.25) is 0 Å². The van der Waals surface area contributed by atoms with Crippen molar-refractivity contribution in [2.75, 3.05) is 14.1 Å². The molecule has 5 nitrogen and oxygen atoms in total. The molecule has 3 N–H and O–H groups in total. The number of likely N-dealkylation sites (N-methyl/N-ethyl adjacent to an activating group) is 1. The van der Waals surface area contributed by atoms with Gasteiger partial charge < -0.3 is 9.47 Å². The van der Waals surface area contributed by atoms with Crippen molar-refractivity contribution in [3.63, 3.8) is 0 Å². The fourth-order valence-electron chi connectivity index (χ4n) is 2.87. The van der Waals surface area contributed by atoms with Crippen molar-refractivity contribution in [3.8, 4) is 0 Å². The molecule has 0 saturated carbocycles. The number of imidazole rings is 1. The van der Waals surface area contributed by atoms with Gasteiger partial charge in [0.25, 0.3) is 0 Å². The van der Waals surface area contributed by atoms with Crippen molar-refractivity contribution in [2.45, 2.75) is 44.7 Å². The molecular formula is C13H27N5. The highest BCUT2D eigenvalue weighted by Gasteiger charge is 2.37. The van der Waals surface area contributed by atoms with Crippen LogP contribution in [0.25, 0.3) is 0 Å². The summed E-state index contributed by atoms with van der Waals surface area (Å²) in [6.45, 7) is 4.43. The first kappa shape index (κ1) is 15.1. The first-order valence-corrected chi connectivity index (χ1v) is 6.61. The first-order chi connectivity index (χ1) is 8.51. The van der Waals surface area contributed by atoms with Crippen LogP contribution in [0.5, 0.6) is 0 Å². The summed E-state index contributed by atoms with van der Waals surface area (Å²) in [6, 6.07) is 0.184. The lowest BCUT2D eigenvalue weighted by atomic mass is 9.81. The molecule has 0 spiro atoms. The zero-order valence-corrected chi connectivity index (χ0v) is 12.3. The highest BCUT2D eigenvalue weighted by molar-refractivity contribution is 5.03. The van der Waals surface area contributed by atoms with Gasteiger partial charge in [0.05, 0.1) is 0 Å². The average Bonchev–Trinajstić information content (AvgIpc) is 2.75. The van der Waals surface area contributed by atoms with Gasteiger partial charge in [0, 0.05) is 37.4 Å². The topological polar surface area (TPSA) is 59.1 Å². The summed E-state index contributed by atoms with van der Waals surface area (Å²) in [4.78, 5) is 6.67. The minimum Gasteiger partial charge on any atom is -0.338 e. The van der Waals surface area contributed by atoms with Crippen LogP contribution in [0, 0.1) is 0 Å². The van der Waals surface area contributed by atoms with Crippen LogP contribution in [0.4, 0.5) is 0 Å². The monoisotopic (exact) mass is 253 g/mol. The van der Waals surface area contributed by atoms with Crippen LogP contribution in [0.15, 0.2) is 12.4 Å². The second kappa shape index (κ2) is 6.31. The minimum absolute atomic E-state index is 0.0563. The third-order valence-corrected chi connectivity index (χ3v) is 4.27. The molecule has 0 aliphatic heterocycles. The summed E-state index contributed by atoms with van der Waals surface area (Å²) < 4.78 is 2.05. The van der Waals surface area contributed by atoms with E-state index in [1.165, 1.54) is 0 Å². The van der Waals surface area contributed by atoms with Crippen LogP contribution in [-0.4, -0.2) is 40.1 Å². The number of hydrazine groups is 1. The molecule has 1 rings (SSSR count).